The lowest BCUT2D eigenvalue weighted by atomic mass is 9.44. The molecule has 0 radical (unpaired) electrons. The first-order chi connectivity index (χ1) is 17.2. The van der Waals surface area contributed by atoms with Crippen molar-refractivity contribution in [2.75, 3.05) is 6.54 Å². The summed E-state index contributed by atoms with van der Waals surface area (Å²) in [4.78, 5) is 21.2. The third-order valence-electron chi connectivity index (χ3n) is 12.1. The zero-order valence-electron chi connectivity index (χ0n) is 23.8. The lowest BCUT2D eigenvalue weighted by Crippen LogP contribution is -2.58. The number of hydrogen-bond donors (Lipinski definition) is 2. The summed E-state index contributed by atoms with van der Waals surface area (Å²) in [5, 5.41) is 3.82. The number of aromatic nitrogens is 2. The molecule has 0 bridgehead atoms. The predicted molar refractivity (Wildman–Crippen MR) is 148 cm³/mol. The molecule has 4 fully saturated rings. The fourth-order valence-electron chi connectivity index (χ4n) is 9.97. The number of aromatic amines is 1. The molecule has 202 valence electrons. The van der Waals surface area contributed by atoms with E-state index in [2.05, 4.69) is 49.9 Å². The van der Waals surface area contributed by atoms with Crippen molar-refractivity contribution in [3.63, 3.8) is 0 Å². The van der Waals surface area contributed by atoms with Crippen LogP contribution in [-0.2, 0) is 11.2 Å². The molecule has 4 saturated carbocycles. The maximum Gasteiger partial charge on any atom is 0.136 e. The van der Waals surface area contributed by atoms with Crippen molar-refractivity contribution in [2.45, 2.75) is 118 Å². The number of nitrogens with one attached hydrogen (secondary N) is 2. The zero-order valence-corrected chi connectivity index (χ0v) is 23.8. The van der Waals surface area contributed by atoms with Crippen molar-refractivity contribution >= 4 is 5.78 Å². The summed E-state index contributed by atoms with van der Waals surface area (Å²) >= 11 is 0. The van der Waals surface area contributed by atoms with Gasteiger partial charge in [-0.3, -0.25) is 4.79 Å². The number of ketones is 1. The number of nitrogens with zero attached hydrogens (tertiary/aromatic N) is 1. The highest BCUT2D eigenvalue weighted by Crippen LogP contribution is 2.67. The third-order valence-corrected chi connectivity index (χ3v) is 12.1. The van der Waals surface area contributed by atoms with Crippen LogP contribution in [-0.4, -0.2) is 28.3 Å². The van der Waals surface area contributed by atoms with Gasteiger partial charge in [0.05, 0.1) is 6.33 Å². The van der Waals surface area contributed by atoms with Crippen LogP contribution in [0.3, 0.4) is 0 Å². The van der Waals surface area contributed by atoms with Crippen LogP contribution in [0.15, 0.2) is 12.5 Å². The van der Waals surface area contributed by atoms with Crippen LogP contribution in [0.25, 0.3) is 0 Å². The topological polar surface area (TPSA) is 57.8 Å². The van der Waals surface area contributed by atoms with Crippen molar-refractivity contribution in [2.24, 2.45) is 52.3 Å². The van der Waals surface area contributed by atoms with E-state index >= 15 is 0 Å². The Morgan fingerprint density at radius 2 is 1.83 bits per heavy atom. The number of carbonyl (C=O) groups excluding carboxylic acids is 1. The molecule has 9 atom stereocenters. The SMILES string of the molecule is CC(C)CCC[C@@H](C)[C@H]1CC[C@H]2[C@@H]3C(=O)C[C@H]4C[C@H](NCCc5cnc[nH]5)CC[C@]4(C)[C@H]3CC[C@]12C. The van der Waals surface area contributed by atoms with Gasteiger partial charge in [0.15, 0.2) is 0 Å². The Bertz CT molecular complexity index is 880. The summed E-state index contributed by atoms with van der Waals surface area (Å²) in [5.74, 6) is 5.28. The van der Waals surface area contributed by atoms with Crippen molar-refractivity contribution in [1.82, 2.24) is 15.3 Å². The molecule has 0 amide bonds. The molecule has 5 rings (SSSR count). The molecule has 0 spiro atoms. The number of H-pyrrole nitrogens is 1. The van der Waals surface area contributed by atoms with Gasteiger partial charge in [-0.2, -0.15) is 0 Å². The van der Waals surface area contributed by atoms with Gasteiger partial charge in [-0.15, -0.1) is 0 Å². The van der Waals surface area contributed by atoms with E-state index in [1.807, 2.05) is 6.20 Å². The number of Topliss-reactive ketones (excluding diaryl/α,β-unsaturated/α-hetero) is 1. The minimum absolute atomic E-state index is 0.350. The van der Waals surface area contributed by atoms with Crippen LogP contribution in [0.1, 0.15) is 111 Å². The average Bonchev–Trinajstić information content (AvgIpc) is 3.47. The molecule has 0 unspecified atom stereocenters. The first-order valence-corrected chi connectivity index (χ1v) is 15.5. The number of imidazole rings is 1. The molecule has 0 aliphatic heterocycles. The van der Waals surface area contributed by atoms with Gasteiger partial charge in [-0.1, -0.05) is 53.9 Å². The molecule has 36 heavy (non-hydrogen) atoms. The Morgan fingerprint density at radius 3 is 2.58 bits per heavy atom. The largest absolute Gasteiger partial charge is 0.348 e. The third kappa shape index (κ3) is 4.85. The molecule has 4 aliphatic carbocycles. The summed E-state index contributed by atoms with van der Waals surface area (Å²) < 4.78 is 0. The first kappa shape index (κ1) is 26.4. The van der Waals surface area contributed by atoms with Gasteiger partial charge >= 0.3 is 0 Å². The molecule has 1 heterocycles. The maximum atomic E-state index is 13.9. The molecule has 1 aromatic heterocycles. The average molecular weight is 496 g/mol. The van der Waals surface area contributed by atoms with Crippen molar-refractivity contribution in [3.05, 3.63) is 18.2 Å². The number of fused-ring (bicyclic) bond motifs is 5. The maximum absolute atomic E-state index is 13.9. The van der Waals surface area contributed by atoms with Gasteiger partial charge in [-0.05, 0) is 91.3 Å². The van der Waals surface area contributed by atoms with Crippen LogP contribution >= 0.6 is 0 Å². The zero-order chi connectivity index (χ0) is 25.5. The van der Waals surface area contributed by atoms with Gasteiger partial charge in [0, 0.05) is 43.2 Å². The Labute approximate surface area is 220 Å². The predicted octanol–water partition coefficient (Wildman–Crippen LogP) is 7.21. The van der Waals surface area contributed by atoms with Gasteiger partial charge < -0.3 is 10.3 Å². The van der Waals surface area contributed by atoms with Crippen molar-refractivity contribution < 1.29 is 4.79 Å². The second kappa shape index (κ2) is 10.5. The van der Waals surface area contributed by atoms with E-state index in [1.165, 1.54) is 69.9 Å². The summed E-state index contributed by atoms with van der Waals surface area (Å²) in [7, 11) is 0. The molecule has 4 nitrogen and oxygen atoms in total. The van der Waals surface area contributed by atoms with Gasteiger partial charge in [-0.25, -0.2) is 4.98 Å². The normalized spacial score (nSPS) is 41.1. The summed E-state index contributed by atoms with van der Waals surface area (Å²) in [6, 6.07) is 0.562. The van der Waals surface area contributed by atoms with Crippen molar-refractivity contribution in [3.8, 4) is 0 Å². The van der Waals surface area contributed by atoms with E-state index < -0.39 is 0 Å². The van der Waals surface area contributed by atoms with Crippen molar-refractivity contribution in [1.29, 1.82) is 0 Å². The second-order valence-corrected chi connectivity index (χ2v) is 14.4. The molecular formula is C32H53N3O. The second-order valence-electron chi connectivity index (χ2n) is 14.4. The molecule has 4 heteroatoms. The van der Waals surface area contributed by atoms with Crippen LogP contribution in [0.5, 0.6) is 0 Å². The van der Waals surface area contributed by atoms with E-state index in [0.29, 0.717) is 46.3 Å². The van der Waals surface area contributed by atoms with Gasteiger partial charge in [0.1, 0.15) is 5.78 Å². The quantitative estimate of drug-likeness (QED) is 0.380. The Hall–Kier alpha value is -1.16. The minimum atomic E-state index is 0.350. The van der Waals surface area contributed by atoms with Crippen LogP contribution in [0.2, 0.25) is 0 Å². The highest BCUT2D eigenvalue weighted by molar-refractivity contribution is 5.83. The standard InChI is InChI=1S/C32H53N3O/c1-21(2)7-6-8-22(3)26-9-10-27-30-28(12-15-32(26,27)5)31(4)14-11-24(17-23(31)18-29(30)36)34-16-13-25-19-33-20-35-25/h19-24,26-28,30,34H,6-18H2,1-5H3,(H,33,35)/t22-,23-,24-,26-,27+,28+,30+,31+,32-/m1/s1. The number of hydrogen-bond acceptors (Lipinski definition) is 3. The van der Waals surface area contributed by atoms with Crippen LogP contribution in [0.4, 0.5) is 0 Å². The Morgan fingerprint density at radius 1 is 1.06 bits per heavy atom. The minimum Gasteiger partial charge on any atom is -0.348 e. The van der Waals surface area contributed by atoms with Crippen LogP contribution in [0, 0.1) is 52.3 Å². The smallest absolute Gasteiger partial charge is 0.136 e. The van der Waals surface area contributed by atoms with Crippen LogP contribution < -0.4 is 5.32 Å². The van der Waals surface area contributed by atoms with E-state index in [-0.39, 0.29) is 0 Å². The molecule has 0 saturated heterocycles. The lowest BCUT2D eigenvalue weighted by Gasteiger charge is -2.60. The van der Waals surface area contributed by atoms with Gasteiger partial charge in [0.25, 0.3) is 0 Å². The number of rotatable bonds is 9. The van der Waals surface area contributed by atoms with E-state index in [9.17, 15) is 4.79 Å². The lowest BCUT2D eigenvalue weighted by molar-refractivity contribution is -0.157. The molecule has 4 aliphatic rings. The number of carbonyl (C=O) groups is 1. The summed E-state index contributed by atoms with van der Waals surface area (Å²) in [6.07, 6.45) is 18.7. The molecule has 0 aromatic carbocycles. The highest BCUT2D eigenvalue weighted by Gasteiger charge is 2.63. The van der Waals surface area contributed by atoms with E-state index in [1.54, 1.807) is 6.33 Å². The first-order valence-electron chi connectivity index (χ1n) is 15.5. The molecule has 2 N–H and O–H groups in total. The fourth-order valence-corrected chi connectivity index (χ4v) is 9.97. The summed E-state index contributed by atoms with van der Waals surface area (Å²) in [6.45, 7) is 13.4. The highest BCUT2D eigenvalue weighted by atomic mass is 16.1. The Balaban J connectivity index is 1.22. The van der Waals surface area contributed by atoms with Gasteiger partial charge in [0.2, 0.25) is 0 Å². The fraction of sp³-hybridized carbons (Fsp3) is 0.875. The summed E-state index contributed by atoms with van der Waals surface area (Å²) in [5.41, 5.74) is 1.96. The van der Waals surface area contributed by atoms with E-state index in [4.69, 9.17) is 0 Å². The monoisotopic (exact) mass is 495 g/mol. The van der Waals surface area contributed by atoms with E-state index in [0.717, 1.165) is 37.1 Å². The molecular weight excluding hydrogens is 442 g/mol. The molecule has 1 aromatic rings. The Kier molecular flexibility index (Phi) is 7.74.